The summed E-state index contributed by atoms with van der Waals surface area (Å²) in [7, 11) is 1.99. The second-order valence-electron chi connectivity index (χ2n) is 3.77. The molecule has 0 atom stereocenters. The van der Waals surface area contributed by atoms with Crippen LogP contribution < -0.4 is 0 Å². The summed E-state index contributed by atoms with van der Waals surface area (Å²) in [6, 6.07) is 6.26. The first-order chi connectivity index (χ1) is 7.22. The Kier molecular flexibility index (Phi) is 2.98. The fourth-order valence-corrected chi connectivity index (χ4v) is 2.12. The topological polar surface area (TPSA) is 25.2 Å². The van der Waals surface area contributed by atoms with Crippen molar-refractivity contribution in [3.8, 4) is 0 Å². The monoisotopic (exact) mass is 223 g/mol. The molecule has 3 heteroatoms. The molecule has 1 N–H and O–H groups in total. The van der Waals surface area contributed by atoms with Crippen LogP contribution in [0.1, 0.15) is 12.0 Å². The van der Waals surface area contributed by atoms with Gasteiger partial charge in [0.25, 0.3) is 0 Å². The summed E-state index contributed by atoms with van der Waals surface area (Å²) in [5, 5.41) is 10.7. The maximum absolute atomic E-state index is 8.77. The molecule has 0 fully saturated rings. The zero-order chi connectivity index (χ0) is 10.8. The van der Waals surface area contributed by atoms with E-state index in [4.69, 9.17) is 16.7 Å². The third kappa shape index (κ3) is 2.01. The first-order valence-corrected chi connectivity index (χ1v) is 5.44. The van der Waals surface area contributed by atoms with Gasteiger partial charge in [0.1, 0.15) is 0 Å². The standard InChI is InChI=1S/C12H14ClNO/c1-14-8-11(13)10-5-4-9(3-2-6-15)7-12(10)14/h4-5,7-8,15H,2-3,6H2,1H3. The van der Waals surface area contributed by atoms with E-state index in [1.807, 2.05) is 23.9 Å². The minimum atomic E-state index is 0.242. The molecule has 1 aromatic heterocycles. The quantitative estimate of drug-likeness (QED) is 0.851. The van der Waals surface area contributed by atoms with Crippen LogP contribution in [0.2, 0.25) is 5.02 Å². The van der Waals surface area contributed by atoms with E-state index in [0.29, 0.717) is 0 Å². The Balaban J connectivity index is 2.41. The Morgan fingerprint density at radius 3 is 2.93 bits per heavy atom. The molecule has 1 aromatic carbocycles. The van der Waals surface area contributed by atoms with E-state index in [1.54, 1.807) is 0 Å². The van der Waals surface area contributed by atoms with Crippen molar-refractivity contribution < 1.29 is 5.11 Å². The molecule has 2 aromatic rings. The van der Waals surface area contributed by atoms with Gasteiger partial charge in [-0.05, 0) is 24.5 Å². The fraction of sp³-hybridized carbons (Fsp3) is 0.333. The molecule has 0 aliphatic heterocycles. The summed E-state index contributed by atoms with van der Waals surface area (Å²) in [6.07, 6.45) is 3.64. The molecule has 2 nitrogen and oxygen atoms in total. The first-order valence-electron chi connectivity index (χ1n) is 5.06. The van der Waals surface area contributed by atoms with Crippen molar-refractivity contribution in [2.45, 2.75) is 12.8 Å². The van der Waals surface area contributed by atoms with Gasteiger partial charge in [-0.25, -0.2) is 0 Å². The van der Waals surface area contributed by atoms with E-state index in [1.165, 1.54) is 5.56 Å². The summed E-state index contributed by atoms with van der Waals surface area (Å²) < 4.78 is 2.03. The first kappa shape index (κ1) is 10.5. The lowest BCUT2D eigenvalue weighted by Gasteiger charge is -2.01. The van der Waals surface area contributed by atoms with Gasteiger partial charge in [-0.2, -0.15) is 0 Å². The zero-order valence-electron chi connectivity index (χ0n) is 8.70. The average molecular weight is 224 g/mol. The molecule has 0 bridgehead atoms. The highest BCUT2D eigenvalue weighted by Gasteiger charge is 2.04. The molecule has 0 spiro atoms. The fourth-order valence-electron chi connectivity index (χ4n) is 1.82. The third-order valence-corrected chi connectivity index (χ3v) is 2.93. The van der Waals surface area contributed by atoms with Crippen LogP contribution in [-0.2, 0) is 13.5 Å². The van der Waals surface area contributed by atoms with Crippen molar-refractivity contribution in [3.05, 3.63) is 35.0 Å². The van der Waals surface area contributed by atoms with Crippen molar-refractivity contribution in [1.29, 1.82) is 0 Å². The highest BCUT2D eigenvalue weighted by Crippen LogP contribution is 2.26. The van der Waals surface area contributed by atoms with E-state index >= 15 is 0 Å². The molecule has 80 valence electrons. The molecule has 0 amide bonds. The number of halogens is 1. The van der Waals surface area contributed by atoms with Crippen molar-refractivity contribution in [2.75, 3.05) is 6.61 Å². The molecule has 0 unspecified atom stereocenters. The number of benzene rings is 1. The molecular weight excluding hydrogens is 210 g/mol. The third-order valence-electron chi connectivity index (χ3n) is 2.63. The Hall–Kier alpha value is -0.990. The van der Waals surface area contributed by atoms with E-state index in [0.717, 1.165) is 28.8 Å². The van der Waals surface area contributed by atoms with Crippen LogP contribution in [0.5, 0.6) is 0 Å². The Labute approximate surface area is 94.1 Å². The summed E-state index contributed by atoms with van der Waals surface area (Å²) >= 11 is 6.07. The maximum atomic E-state index is 8.77. The molecule has 0 radical (unpaired) electrons. The van der Waals surface area contributed by atoms with Gasteiger partial charge in [0.15, 0.2) is 0 Å². The van der Waals surface area contributed by atoms with Gasteiger partial charge in [-0.1, -0.05) is 23.7 Å². The van der Waals surface area contributed by atoms with Gasteiger partial charge in [-0.15, -0.1) is 0 Å². The minimum absolute atomic E-state index is 0.242. The summed E-state index contributed by atoms with van der Waals surface area (Å²) in [4.78, 5) is 0. The van der Waals surface area contributed by atoms with Gasteiger partial charge < -0.3 is 9.67 Å². The normalized spacial score (nSPS) is 11.1. The second kappa shape index (κ2) is 4.25. The van der Waals surface area contributed by atoms with Gasteiger partial charge in [0.05, 0.1) is 5.02 Å². The summed E-state index contributed by atoms with van der Waals surface area (Å²) in [6.45, 7) is 0.242. The number of hydrogen-bond donors (Lipinski definition) is 1. The number of aliphatic hydroxyl groups excluding tert-OH is 1. The van der Waals surface area contributed by atoms with Crippen LogP contribution in [0.3, 0.4) is 0 Å². The van der Waals surface area contributed by atoms with Crippen LogP contribution in [0, 0.1) is 0 Å². The SMILES string of the molecule is Cn1cc(Cl)c2ccc(CCCO)cc21. The predicted octanol–water partition coefficient (Wildman–Crippen LogP) is 2.76. The predicted molar refractivity (Wildman–Crippen MR) is 63.3 cm³/mol. The van der Waals surface area contributed by atoms with Gasteiger partial charge in [-0.3, -0.25) is 0 Å². The number of aromatic nitrogens is 1. The molecular formula is C12H14ClNO. The molecule has 0 aliphatic rings. The molecule has 0 aliphatic carbocycles. The van der Waals surface area contributed by atoms with E-state index < -0.39 is 0 Å². The Morgan fingerprint density at radius 2 is 2.20 bits per heavy atom. The Morgan fingerprint density at radius 1 is 1.40 bits per heavy atom. The minimum Gasteiger partial charge on any atom is -0.396 e. The molecule has 0 saturated heterocycles. The number of nitrogens with zero attached hydrogens (tertiary/aromatic N) is 1. The lowest BCUT2D eigenvalue weighted by Crippen LogP contribution is -1.90. The highest BCUT2D eigenvalue weighted by molar-refractivity contribution is 6.35. The molecule has 2 rings (SSSR count). The van der Waals surface area contributed by atoms with Gasteiger partial charge in [0.2, 0.25) is 0 Å². The van der Waals surface area contributed by atoms with Crippen molar-refractivity contribution in [1.82, 2.24) is 4.57 Å². The maximum Gasteiger partial charge on any atom is 0.0661 e. The van der Waals surface area contributed by atoms with Crippen molar-refractivity contribution in [2.24, 2.45) is 7.05 Å². The van der Waals surface area contributed by atoms with Crippen LogP contribution in [0.15, 0.2) is 24.4 Å². The van der Waals surface area contributed by atoms with Crippen molar-refractivity contribution >= 4 is 22.5 Å². The number of aryl methyl sites for hydroxylation is 2. The number of rotatable bonds is 3. The van der Waals surface area contributed by atoms with Crippen LogP contribution in [0.25, 0.3) is 10.9 Å². The number of aliphatic hydroxyl groups is 1. The lowest BCUT2D eigenvalue weighted by atomic mass is 10.1. The number of fused-ring (bicyclic) bond motifs is 1. The lowest BCUT2D eigenvalue weighted by molar-refractivity contribution is 0.288. The van der Waals surface area contributed by atoms with Crippen molar-refractivity contribution in [3.63, 3.8) is 0 Å². The zero-order valence-corrected chi connectivity index (χ0v) is 9.46. The van der Waals surface area contributed by atoms with E-state index in [9.17, 15) is 0 Å². The molecule has 0 saturated carbocycles. The smallest absolute Gasteiger partial charge is 0.0661 e. The largest absolute Gasteiger partial charge is 0.396 e. The van der Waals surface area contributed by atoms with Crippen LogP contribution in [0.4, 0.5) is 0 Å². The average Bonchev–Trinajstić information content (AvgIpc) is 2.52. The van der Waals surface area contributed by atoms with Gasteiger partial charge in [0, 0.05) is 30.8 Å². The molecule has 1 heterocycles. The highest BCUT2D eigenvalue weighted by atomic mass is 35.5. The van der Waals surface area contributed by atoms with E-state index in [-0.39, 0.29) is 6.61 Å². The summed E-state index contributed by atoms with van der Waals surface area (Å²) in [5.74, 6) is 0. The van der Waals surface area contributed by atoms with Crippen LogP contribution in [-0.4, -0.2) is 16.3 Å². The van der Waals surface area contributed by atoms with E-state index in [2.05, 4.69) is 12.1 Å². The number of hydrogen-bond acceptors (Lipinski definition) is 1. The molecule has 15 heavy (non-hydrogen) atoms. The summed E-state index contributed by atoms with van der Waals surface area (Å²) in [5.41, 5.74) is 2.39. The second-order valence-corrected chi connectivity index (χ2v) is 4.17. The van der Waals surface area contributed by atoms with Gasteiger partial charge >= 0.3 is 0 Å². The van der Waals surface area contributed by atoms with Crippen LogP contribution >= 0.6 is 11.6 Å². The Bertz CT molecular complexity index is 476.